The SMILES string of the molecule is COC[C@H]1CCC[NH+]1C[C@H]1C(=O)O[C@@H]2C[C@@]3(C)CCC[C@]4(CO4)[C@H]3C[C@@H]21. The standard InChI is InChI=1S/C21H33NO4/c1-20-6-4-7-21(13-25-21)18(20)9-15-16(19(23)26-17(15)10-20)11-22-8-3-5-14(22)12-24-2/h14-18H,3-13H2,1-2H3/p+1/t14-,15-,16-,17-,18+,20-,21+/m1/s1. The molecule has 26 heavy (non-hydrogen) atoms. The summed E-state index contributed by atoms with van der Waals surface area (Å²) in [5.41, 5.74) is 0.442. The molecule has 5 nitrogen and oxygen atoms in total. The molecule has 2 aliphatic carbocycles. The summed E-state index contributed by atoms with van der Waals surface area (Å²) in [5.74, 6) is 1.17. The van der Waals surface area contributed by atoms with Crippen molar-refractivity contribution in [3.05, 3.63) is 0 Å². The summed E-state index contributed by atoms with van der Waals surface area (Å²) >= 11 is 0. The number of fused-ring (bicyclic) bond motifs is 3. The lowest BCUT2D eigenvalue weighted by Crippen LogP contribution is -3.15. The Bertz CT molecular complexity index is 576. The van der Waals surface area contributed by atoms with Gasteiger partial charge in [0.15, 0.2) is 0 Å². The molecule has 5 heteroatoms. The molecule has 1 unspecified atom stereocenters. The molecule has 2 saturated carbocycles. The van der Waals surface area contributed by atoms with Gasteiger partial charge in [-0.25, -0.2) is 0 Å². The van der Waals surface area contributed by atoms with E-state index < -0.39 is 0 Å². The highest BCUT2D eigenvalue weighted by molar-refractivity contribution is 5.75. The van der Waals surface area contributed by atoms with Crippen molar-refractivity contribution < 1.29 is 23.9 Å². The summed E-state index contributed by atoms with van der Waals surface area (Å²) in [6.45, 7) is 6.28. The van der Waals surface area contributed by atoms with Crippen LogP contribution in [0.2, 0.25) is 0 Å². The number of epoxide rings is 1. The lowest BCUT2D eigenvalue weighted by atomic mass is 9.53. The van der Waals surface area contributed by atoms with Crippen molar-refractivity contribution in [3.8, 4) is 0 Å². The van der Waals surface area contributed by atoms with E-state index in [0.29, 0.717) is 23.3 Å². The minimum atomic E-state index is 0.0728. The molecule has 5 rings (SSSR count). The van der Waals surface area contributed by atoms with Crippen LogP contribution < -0.4 is 4.90 Å². The van der Waals surface area contributed by atoms with Crippen LogP contribution >= 0.6 is 0 Å². The van der Waals surface area contributed by atoms with E-state index in [9.17, 15) is 4.79 Å². The number of carbonyl (C=O) groups is 1. The molecule has 3 saturated heterocycles. The van der Waals surface area contributed by atoms with E-state index in [1.807, 2.05) is 0 Å². The van der Waals surface area contributed by atoms with E-state index in [1.165, 1.54) is 38.6 Å². The topological polar surface area (TPSA) is 52.5 Å². The number of esters is 1. The van der Waals surface area contributed by atoms with Gasteiger partial charge >= 0.3 is 5.97 Å². The first kappa shape index (κ1) is 17.4. The summed E-state index contributed by atoms with van der Waals surface area (Å²) in [7, 11) is 1.79. The minimum absolute atomic E-state index is 0.0728. The second kappa shape index (κ2) is 6.18. The number of ether oxygens (including phenoxy) is 3. The van der Waals surface area contributed by atoms with Crippen LogP contribution in [-0.4, -0.2) is 57.1 Å². The second-order valence-corrected chi connectivity index (χ2v) is 10.0. The van der Waals surface area contributed by atoms with Crippen LogP contribution in [0.3, 0.4) is 0 Å². The molecule has 5 aliphatic rings. The zero-order chi connectivity index (χ0) is 17.9. The summed E-state index contributed by atoms with van der Waals surface area (Å²) in [5, 5.41) is 0. The van der Waals surface area contributed by atoms with Crippen LogP contribution in [-0.2, 0) is 19.0 Å². The van der Waals surface area contributed by atoms with Crippen molar-refractivity contribution in [2.45, 2.75) is 69.6 Å². The molecule has 5 fully saturated rings. The number of carbonyl (C=O) groups excluding carboxylic acids is 1. The van der Waals surface area contributed by atoms with Crippen LogP contribution in [0.4, 0.5) is 0 Å². The van der Waals surface area contributed by atoms with Crippen LogP contribution in [0.25, 0.3) is 0 Å². The maximum atomic E-state index is 12.8. The Hall–Kier alpha value is -0.650. The summed E-state index contributed by atoms with van der Waals surface area (Å²) in [4.78, 5) is 14.3. The number of likely N-dealkylation sites (tertiary alicyclic amines) is 1. The highest BCUT2D eigenvalue weighted by Crippen LogP contribution is 2.62. The molecule has 3 heterocycles. The lowest BCUT2D eigenvalue weighted by molar-refractivity contribution is -0.915. The lowest BCUT2D eigenvalue weighted by Gasteiger charge is -2.51. The third kappa shape index (κ3) is 2.65. The molecule has 3 aliphatic heterocycles. The smallest absolute Gasteiger partial charge is 0.315 e. The Balaban J connectivity index is 1.34. The Kier molecular flexibility index (Phi) is 4.15. The fraction of sp³-hybridized carbons (Fsp3) is 0.952. The average Bonchev–Trinajstić information content (AvgIpc) is 3.12. The Morgan fingerprint density at radius 3 is 2.92 bits per heavy atom. The van der Waals surface area contributed by atoms with Crippen molar-refractivity contribution in [3.63, 3.8) is 0 Å². The van der Waals surface area contributed by atoms with Crippen LogP contribution in [0, 0.1) is 23.2 Å². The van der Waals surface area contributed by atoms with Gasteiger partial charge in [-0.15, -0.1) is 0 Å². The first-order valence-electron chi connectivity index (χ1n) is 10.7. The van der Waals surface area contributed by atoms with Gasteiger partial charge in [-0.3, -0.25) is 4.79 Å². The third-order valence-electron chi connectivity index (χ3n) is 8.56. The van der Waals surface area contributed by atoms with Gasteiger partial charge in [0.1, 0.15) is 18.1 Å². The van der Waals surface area contributed by atoms with Crippen LogP contribution in [0.5, 0.6) is 0 Å². The van der Waals surface area contributed by atoms with Gasteiger partial charge in [0.2, 0.25) is 0 Å². The summed E-state index contributed by atoms with van der Waals surface area (Å²) < 4.78 is 17.4. The van der Waals surface area contributed by atoms with E-state index in [1.54, 1.807) is 12.0 Å². The molecule has 146 valence electrons. The van der Waals surface area contributed by atoms with E-state index in [0.717, 1.165) is 32.6 Å². The predicted octanol–water partition coefficient (Wildman–Crippen LogP) is 1.21. The molecular formula is C21H34NO4+. The molecule has 1 N–H and O–H groups in total. The largest absolute Gasteiger partial charge is 0.462 e. The zero-order valence-corrected chi connectivity index (χ0v) is 16.3. The summed E-state index contributed by atoms with van der Waals surface area (Å²) in [6.07, 6.45) is 8.53. The maximum absolute atomic E-state index is 12.8. The van der Waals surface area contributed by atoms with Crippen LogP contribution in [0.15, 0.2) is 0 Å². The van der Waals surface area contributed by atoms with Gasteiger partial charge in [-0.1, -0.05) is 6.92 Å². The maximum Gasteiger partial charge on any atom is 0.315 e. The highest BCUT2D eigenvalue weighted by Gasteiger charge is 2.65. The third-order valence-corrected chi connectivity index (χ3v) is 8.56. The summed E-state index contributed by atoms with van der Waals surface area (Å²) in [6, 6.07) is 0.550. The number of methoxy groups -OCH3 is 1. The molecular weight excluding hydrogens is 330 g/mol. The first-order chi connectivity index (χ1) is 12.5. The monoisotopic (exact) mass is 364 g/mol. The molecule has 8 atom stereocenters. The van der Waals surface area contributed by atoms with Crippen LogP contribution in [0.1, 0.15) is 51.9 Å². The molecule has 0 aromatic heterocycles. The number of hydrogen-bond donors (Lipinski definition) is 1. The van der Waals surface area contributed by atoms with Crippen molar-refractivity contribution in [2.24, 2.45) is 23.2 Å². The van der Waals surface area contributed by atoms with E-state index in [-0.39, 0.29) is 23.6 Å². The first-order valence-corrected chi connectivity index (χ1v) is 10.7. The highest BCUT2D eigenvalue weighted by atomic mass is 16.6. The number of rotatable bonds is 4. The second-order valence-electron chi connectivity index (χ2n) is 10.0. The van der Waals surface area contributed by atoms with Crippen molar-refractivity contribution >= 4 is 5.97 Å². The Labute approximate surface area is 156 Å². The fourth-order valence-corrected chi connectivity index (χ4v) is 7.13. The number of nitrogens with one attached hydrogen (secondary N) is 1. The van der Waals surface area contributed by atoms with Gasteiger partial charge < -0.3 is 19.1 Å². The van der Waals surface area contributed by atoms with Gasteiger partial charge in [-0.2, -0.15) is 0 Å². The fourth-order valence-electron chi connectivity index (χ4n) is 7.13. The average molecular weight is 365 g/mol. The minimum Gasteiger partial charge on any atom is -0.462 e. The van der Waals surface area contributed by atoms with Crippen molar-refractivity contribution in [1.82, 2.24) is 0 Å². The van der Waals surface area contributed by atoms with E-state index in [2.05, 4.69) is 6.92 Å². The van der Waals surface area contributed by atoms with Crippen molar-refractivity contribution in [2.75, 3.05) is 33.4 Å². The molecule has 0 amide bonds. The molecule has 0 bridgehead atoms. The van der Waals surface area contributed by atoms with Crippen molar-refractivity contribution in [1.29, 1.82) is 0 Å². The molecule has 0 radical (unpaired) electrons. The normalized spacial score (nSPS) is 52.6. The van der Waals surface area contributed by atoms with Gasteiger partial charge in [-0.05, 0) is 43.4 Å². The molecule has 1 spiro atoms. The molecule has 0 aromatic carbocycles. The van der Waals surface area contributed by atoms with Gasteiger partial charge in [0, 0.05) is 25.9 Å². The Morgan fingerprint density at radius 1 is 1.31 bits per heavy atom. The zero-order valence-electron chi connectivity index (χ0n) is 16.3. The van der Waals surface area contributed by atoms with Gasteiger partial charge in [0.25, 0.3) is 0 Å². The predicted molar refractivity (Wildman–Crippen MR) is 95.8 cm³/mol. The quantitative estimate of drug-likeness (QED) is 0.602. The molecule has 0 aromatic rings. The van der Waals surface area contributed by atoms with E-state index in [4.69, 9.17) is 14.2 Å². The van der Waals surface area contributed by atoms with Gasteiger partial charge in [0.05, 0.1) is 31.9 Å². The van der Waals surface area contributed by atoms with E-state index >= 15 is 0 Å². The number of hydrogen-bond acceptors (Lipinski definition) is 4. The Morgan fingerprint density at radius 2 is 2.15 bits per heavy atom. The number of quaternary nitrogens is 1.